The number of nitrogens with zero attached hydrogens (tertiary/aromatic N) is 6. The standard InChI is InChI=1S/C38H38ClFN6O4/c1-25-33(38(49)46(29-8-10-31(47)11-9-29)36-24-44(40)14-13-41-36)21-35(42(25)2)34-20-28(39)7-12-32(34)37(48)45-22-27-6-4-3-5-26(27)19-30(45)23-43-15-17-50-18-16-43/h3-14,20-21,30,47H,15-19,22-24H2,1-2H3/t30-/m0/s1. The fourth-order valence-corrected chi connectivity index (χ4v) is 7.14. The molecule has 4 aromatic rings. The van der Waals surface area contributed by atoms with Crippen molar-refractivity contribution in [2.24, 2.45) is 12.0 Å². The predicted octanol–water partition coefficient (Wildman–Crippen LogP) is 5.98. The van der Waals surface area contributed by atoms with Gasteiger partial charge in [0, 0.05) is 73.0 Å². The number of aromatic nitrogens is 1. The highest BCUT2D eigenvalue weighted by Crippen LogP contribution is 2.35. The number of carbonyl (C=O) groups excluding carboxylic acids is 2. The Morgan fingerprint density at radius 1 is 1.00 bits per heavy atom. The van der Waals surface area contributed by atoms with Crippen LogP contribution in [0.5, 0.6) is 5.75 Å². The molecule has 0 radical (unpaired) electrons. The number of carbonyl (C=O) groups is 2. The van der Waals surface area contributed by atoms with E-state index in [1.807, 2.05) is 35.6 Å². The van der Waals surface area contributed by atoms with Crippen LogP contribution in [0.1, 0.15) is 37.5 Å². The molecule has 0 unspecified atom stereocenters. The molecule has 0 saturated carbocycles. The van der Waals surface area contributed by atoms with E-state index in [-0.39, 0.29) is 30.1 Å². The number of fused-ring (bicyclic) bond motifs is 1. The molecule has 0 aliphatic carbocycles. The number of hydrogen-bond donors (Lipinski definition) is 1. The molecule has 7 rings (SSSR count). The normalized spacial score (nSPS) is 17.8. The maximum Gasteiger partial charge on any atom is 0.265 e. The SMILES string of the molecule is Cc1c(C(=O)N(C2=NC=CN(F)C2)c2ccc(O)cc2)cc(-c2cc(Cl)ccc2C(=O)N2Cc3ccccc3C[C@H]2CN2CCOCC2)n1C. The summed E-state index contributed by atoms with van der Waals surface area (Å²) >= 11 is 6.59. The third kappa shape index (κ3) is 6.64. The van der Waals surface area contributed by atoms with Gasteiger partial charge in [0.05, 0.1) is 30.7 Å². The number of amides is 2. The third-order valence-electron chi connectivity index (χ3n) is 9.76. The van der Waals surface area contributed by atoms with E-state index in [1.54, 1.807) is 36.4 Å². The van der Waals surface area contributed by atoms with E-state index >= 15 is 0 Å². The summed E-state index contributed by atoms with van der Waals surface area (Å²) in [7, 11) is 1.84. The van der Waals surface area contributed by atoms with Crippen molar-refractivity contribution in [1.29, 1.82) is 0 Å². The minimum Gasteiger partial charge on any atom is -0.508 e. The number of hydrogen-bond acceptors (Lipinski definition) is 7. The average molecular weight is 697 g/mol. The zero-order valence-corrected chi connectivity index (χ0v) is 28.7. The second-order valence-corrected chi connectivity index (χ2v) is 13.2. The minimum absolute atomic E-state index is 0.0273. The Morgan fingerprint density at radius 2 is 1.74 bits per heavy atom. The maximum absolute atomic E-state index is 14.7. The van der Waals surface area contributed by atoms with Gasteiger partial charge in [-0.2, -0.15) is 0 Å². The van der Waals surface area contributed by atoms with Crippen LogP contribution in [-0.2, 0) is 24.8 Å². The van der Waals surface area contributed by atoms with Crippen molar-refractivity contribution >= 4 is 34.9 Å². The van der Waals surface area contributed by atoms with Gasteiger partial charge in [0.15, 0.2) is 0 Å². The van der Waals surface area contributed by atoms with Gasteiger partial charge in [-0.05, 0) is 73.0 Å². The van der Waals surface area contributed by atoms with Crippen LogP contribution in [0.3, 0.4) is 0 Å². The lowest BCUT2D eigenvalue weighted by atomic mass is 9.92. The van der Waals surface area contributed by atoms with E-state index in [0.29, 0.717) is 63.7 Å². The molecule has 50 heavy (non-hydrogen) atoms. The Morgan fingerprint density at radius 3 is 2.48 bits per heavy atom. The molecule has 3 aliphatic heterocycles. The Hall–Kier alpha value is -4.97. The summed E-state index contributed by atoms with van der Waals surface area (Å²) in [6.45, 7) is 5.77. The molecule has 12 heteroatoms. The number of phenolic OH excluding ortho intramolecular Hbond substituents is 1. The van der Waals surface area contributed by atoms with Gasteiger partial charge in [0.1, 0.15) is 18.1 Å². The van der Waals surface area contributed by atoms with Crippen molar-refractivity contribution in [3.63, 3.8) is 0 Å². The summed E-state index contributed by atoms with van der Waals surface area (Å²) < 4.78 is 21.8. The van der Waals surface area contributed by atoms with Gasteiger partial charge in [-0.1, -0.05) is 35.9 Å². The van der Waals surface area contributed by atoms with Crippen LogP contribution in [-0.4, -0.2) is 87.7 Å². The minimum atomic E-state index is -0.439. The van der Waals surface area contributed by atoms with Gasteiger partial charge in [-0.15, -0.1) is 4.48 Å². The fourth-order valence-electron chi connectivity index (χ4n) is 6.97. The first-order valence-corrected chi connectivity index (χ1v) is 17.0. The summed E-state index contributed by atoms with van der Waals surface area (Å²) in [6, 6.07) is 21.3. The number of ether oxygens (including phenoxy) is 1. The lowest BCUT2D eigenvalue weighted by Gasteiger charge is -2.40. The molecule has 1 N–H and O–H groups in total. The number of benzene rings is 3. The van der Waals surface area contributed by atoms with Crippen molar-refractivity contribution < 1.29 is 23.9 Å². The summed E-state index contributed by atoms with van der Waals surface area (Å²) in [5.74, 6) is -0.357. The van der Waals surface area contributed by atoms with Gasteiger partial charge >= 0.3 is 0 Å². The van der Waals surface area contributed by atoms with E-state index in [0.717, 1.165) is 31.6 Å². The first-order chi connectivity index (χ1) is 24.2. The van der Waals surface area contributed by atoms with E-state index in [1.165, 1.54) is 35.0 Å². The van der Waals surface area contributed by atoms with Crippen LogP contribution in [0.4, 0.5) is 10.2 Å². The number of anilines is 1. The van der Waals surface area contributed by atoms with Crippen molar-refractivity contribution in [2.45, 2.75) is 25.9 Å². The summed E-state index contributed by atoms with van der Waals surface area (Å²) in [4.78, 5) is 39.1. The topological polar surface area (TPSA) is 93.8 Å². The van der Waals surface area contributed by atoms with Crippen molar-refractivity contribution in [3.8, 4) is 17.0 Å². The number of rotatable bonds is 6. The zero-order chi connectivity index (χ0) is 34.9. The highest BCUT2D eigenvalue weighted by molar-refractivity contribution is 6.31. The van der Waals surface area contributed by atoms with Gasteiger partial charge in [-0.25, -0.2) is 10.1 Å². The first-order valence-electron chi connectivity index (χ1n) is 16.6. The first kappa shape index (κ1) is 33.5. The largest absolute Gasteiger partial charge is 0.508 e. The Labute approximate surface area is 295 Å². The van der Waals surface area contributed by atoms with Crippen LogP contribution >= 0.6 is 11.6 Å². The van der Waals surface area contributed by atoms with Crippen molar-refractivity contribution in [2.75, 3.05) is 44.3 Å². The molecule has 0 spiro atoms. The lowest BCUT2D eigenvalue weighted by molar-refractivity contribution is 0.0193. The molecule has 3 aliphatic rings. The Balaban J connectivity index is 1.27. The number of aromatic hydroxyl groups is 1. The molecule has 258 valence electrons. The molecule has 1 atom stereocenters. The number of morpholine rings is 1. The van der Waals surface area contributed by atoms with Crippen LogP contribution in [0.2, 0.25) is 5.02 Å². The molecule has 10 nitrogen and oxygen atoms in total. The van der Waals surface area contributed by atoms with E-state index in [4.69, 9.17) is 16.3 Å². The van der Waals surface area contributed by atoms with Gasteiger partial charge in [0.2, 0.25) is 0 Å². The Kier molecular flexibility index (Phi) is 9.46. The third-order valence-corrected chi connectivity index (χ3v) is 9.99. The van der Waals surface area contributed by atoms with Gasteiger partial charge in [-0.3, -0.25) is 19.4 Å². The maximum atomic E-state index is 14.7. The molecule has 1 fully saturated rings. The van der Waals surface area contributed by atoms with E-state index in [9.17, 15) is 19.2 Å². The number of phenols is 1. The molecule has 2 amide bonds. The number of halogens is 2. The molecule has 1 saturated heterocycles. The van der Waals surface area contributed by atoms with Crippen molar-refractivity contribution in [1.82, 2.24) is 19.5 Å². The fraction of sp³-hybridized carbons (Fsp3) is 0.289. The molecule has 3 aromatic carbocycles. The monoisotopic (exact) mass is 696 g/mol. The molecule has 0 bridgehead atoms. The summed E-state index contributed by atoms with van der Waals surface area (Å²) in [6.07, 6.45) is 3.21. The highest BCUT2D eigenvalue weighted by Gasteiger charge is 2.34. The average Bonchev–Trinajstić information content (AvgIpc) is 3.42. The van der Waals surface area contributed by atoms with Gasteiger partial charge in [0.25, 0.3) is 11.8 Å². The van der Waals surface area contributed by atoms with Crippen LogP contribution in [0.15, 0.2) is 90.2 Å². The number of aliphatic imine (C=N–C) groups is 1. The summed E-state index contributed by atoms with van der Waals surface area (Å²) in [5.41, 5.74) is 5.46. The Bertz CT molecular complexity index is 1990. The number of amidine groups is 1. The summed E-state index contributed by atoms with van der Waals surface area (Å²) in [5, 5.41) is 10.8. The van der Waals surface area contributed by atoms with Crippen LogP contribution < -0.4 is 4.90 Å². The predicted molar refractivity (Wildman–Crippen MR) is 191 cm³/mol. The lowest BCUT2D eigenvalue weighted by Crippen LogP contribution is -2.52. The quantitative estimate of drug-likeness (QED) is 0.250. The highest BCUT2D eigenvalue weighted by atomic mass is 35.5. The van der Waals surface area contributed by atoms with Crippen LogP contribution in [0.25, 0.3) is 11.3 Å². The second-order valence-electron chi connectivity index (χ2n) is 12.8. The molecular weight excluding hydrogens is 659 g/mol. The van der Waals surface area contributed by atoms with Gasteiger partial charge < -0.3 is 19.3 Å². The van der Waals surface area contributed by atoms with Crippen LogP contribution in [0, 0.1) is 6.92 Å². The van der Waals surface area contributed by atoms with E-state index < -0.39 is 5.91 Å². The van der Waals surface area contributed by atoms with E-state index in [2.05, 4.69) is 22.0 Å². The molecule has 1 aromatic heterocycles. The van der Waals surface area contributed by atoms with Crippen molar-refractivity contribution in [3.05, 3.63) is 118 Å². The molecular formula is C38H38ClFN6O4. The molecule has 4 heterocycles. The zero-order valence-electron chi connectivity index (χ0n) is 27.9. The smallest absolute Gasteiger partial charge is 0.265 e. The second kappa shape index (κ2) is 14.1.